The standard InChI is InChI=1S/C27H35Cl2N3O5S/c1-4-25(27(34)30-22-10-6-5-7-11-22)31(17-19-9-8-12-24(13-19)37-2)26(33)18-32(38(3,35)36)23-15-20(28)14-21(29)16-23/h8-9,12-16,22,25H,4-7,10-11,17-18H2,1-3H3,(H,30,34)/t25-/m0/s1. The summed E-state index contributed by atoms with van der Waals surface area (Å²) in [5, 5.41) is 3.59. The Morgan fingerprint density at radius 1 is 1.08 bits per heavy atom. The SMILES string of the molecule is CC[C@@H](C(=O)NC1CCCCC1)N(Cc1cccc(OC)c1)C(=O)CN(c1cc(Cl)cc(Cl)c1)S(C)(=O)=O. The van der Waals surface area contributed by atoms with E-state index >= 15 is 0 Å². The maximum Gasteiger partial charge on any atom is 0.244 e. The molecule has 1 atom stereocenters. The molecular formula is C27H35Cl2N3O5S. The largest absolute Gasteiger partial charge is 0.497 e. The molecule has 0 saturated heterocycles. The molecule has 1 saturated carbocycles. The number of ether oxygens (including phenoxy) is 1. The molecule has 3 rings (SSSR count). The monoisotopic (exact) mass is 583 g/mol. The van der Waals surface area contributed by atoms with Crippen LogP contribution in [0.15, 0.2) is 42.5 Å². The second kappa shape index (κ2) is 13.5. The Hall–Kier alpha value is -2.49. The van der Waals surface area contributed by atoms with E-state index in [9.17, 15) is 18.0 Å². The Morgan fingerprint density at radius 3 is 2.32 bits per heavy atom. The molecule has 8 nitrogen and oxygen atoms in total. The number of carbonyl (C=O) groups excluding carboxylic acids is 2. The van der Waals surface area contributed by atoms with Crippen LogP contribution in [-0.4, -0.2) is 57.1 Å². The van der Waals surface area contributed by atoms with Gasteiger partial charge >= 0.3 is 0 Å². The van der Waals surface area contributed by atoms with Gasteiger partial charge < -0.3 is 15.0 Å². The summed E-state index contributed by atoms with van der Waals surface area (Å²) in [6, 6.07) is 10.8. The molecule has 0 heterocycles. The van der Waals surface area contributed by atoms with Crippen molar-refractivity contribution in [1.82, 2.24) is 10.2 Å². The highest BCUT2D eigenvalue weighted by Crippen LogP contribution is 2.28. The fraction of sp³-hybridized carbons (Fsp3) is 0.481. The maximum atomic E-state index is 13.8. The second-order valence-electron chi connectivity index (χ2n) is 9.54. The van der Waals surface area contributed by atoms with Gasteiger partial charge in [0.1, 0.15) is 18.3 Å². The van der Waals surface area contributed by atoms with Crippen molar-refractivity contribution in [1.29, 1.82) is 0 Å². The lowest BCUT2D eigenvalue weighted by Crippen LogP contribution is -2.53. The Balaban J connectivity index is 1.95. The first-order valence-corrected chi connectivity index (χ1v) is 15.3. The third kappa shape index (κ3) is 8.25. The lowest BCUT2D eigenvalue weighted by atomic mass is 9.95. The van der Waals surface area contributed by atoms with Gasteiger partial charge in [-0.25, -0.2) is 8.42 Å². The molecule has 2 amide bonds. The van der Waals surface area contributed by atoms with Crippen LogP contribution in [0.4, 0.5) is 5.69 Å². The van der Waals surface area contributed by atoms with E-state index in [2.05, 4.69) is 5.32 Å². The summed E-state index contributed by atoms with van der Waals surface area (Å²) in [4.78, 5) is 28.7. The summed E-state index contributed by atoms with van der Waals surface area (Å²) >= 11 is 12.2. The van der Waals surface area contributed by atoms with Crippen molar-refractivity contribution < 1.29 is 22.7 Å². The van der Waals surface area contributed by atoms with E-state index in [1.807, 2.05) is 13.0 Å². The van der Waals surface area contributed by atoms with Gasteiger partial charge in [0.05, 0.1) is 19.1 Å². The van der Waals surface area contributed by atoms with Crippen molar-refractivity contribution in [3.05, 3.63) is 58.1 Å². The third-order valence-corrected chi connectivity index (χ3v) is 8.22. The van der Waals surface area contributed by atoms with E-state index in [4.69, 9.17) is 27.9 Å². The van der Waals surface area contributed by atoms with Crippen LogP contribution in [0.1, 0.15) is 51.0 Å². The molecule has 208 valence electrons. The average molecular weight is 585 g/mol. The molecule has 11 heteroatoms. The highest BCUT2D eigenvalue weighted by molar-refractivity contribution is 7.92. The van der Waals surface area contributed by atoms with Crippen LogP contribution in [-0.2, 0) is 26.2 Å². The fourth-order valence-corrected chi connectivity index (χ4v) is 6.08. The molecule has 0 spiro atoms. The van der Waals surface area contributed by atoms with Crippen molar-refractivity contribution in [3.63, 3.8) is 0 Å². The predicted octanol–water partition coefficient (Wildman–Crippen LogP) is 5.02. The third-order valence-electron chi connectivity index (χ3n) is 6.64. The first-order valence-electron chi connectivity index (χ1n) is 12.7. The Morgan fingerprint density at radius 2 is 1.74 bits per heavy atom. The first kappa shape index (κ1) is 30.1. The van der Waals surface area contributed by atoms with E-state index in [0.29, 0.717) is 12.2 Å². The zero-order valence-corrected chi connectivity index (χ0v) is 24.3. The van der Waals surface area contributed by atoms with Gasteiger partial charge in [0.15, 0.2) is 0 Å². The van der Waals surface area contributed by atoms with Crippen LogP contribution < -0.4 is 14.4 Å². The van der Waals surface area contributed by atoms with E-state index in [-0.39, 0.29) is 34.2 Å². The number of rotatable bonds is 11. The molecule has 1 fully saturated rings. The van der Waals surface area contributed by atoms with Crippen molar-refractivity contribution in [3.8, 4) is 5.75 Å². The topological polar surface area (TPSA) is 96.0 Å². The number of nitrogens with one attached hydrogen (secondary N) is 1. The molecule has 0 aromatic heterocycles. The summed E-state index contributed by atoms with van der Waals surface area (Å²) in [6.07, 6.45) is 6.44. The zero-order chi connectivity index (χ0) is 27.9. The molecule has 0 bridgehead atoms. The van der Waals surface area contributed by atoms with Gasteiger partial charge in [-0.05, 0) is 55.2 Å². The van der Waals surface area contributed by atoms with E-state index in [1.54, 1.807) is 25.3 Å². The van der Waals surface area contributed by atoms with Gasteiger partial charge in [-0.2, -0.15) is 0 Å². The molecule has 1 aliphatic carbocycles. The molecule has 1 aliphatic rings. The lowest BCUT2D eigenvalue weighted by molar-refractivity contribution is -0.140. The molecular weight excluding hydrogens is 549 g/mol. The highest BCUT2D eigenvalue weighted by atomic mass is 35.5. The van der Waals surface area contributed by atoms with Crippen LogP contribution in [0.2, 0.25) is 10.0 Å². The van der Waals surface area contributed by atoms with Crippen molar-refractivity contribution >= 4 is 50.7 Å². The minimum absolute atomic E-state index is 0.0696. The van der Waals surface area contributed by atoms with Crippen molar-refractivity contribution in [2.24, 2.45) is 0 Å². The molecule has 2 aromatic rings. The number of sulfonamides is 1. The van der Waals surface area contributed by atoms with E-state index in [1.165, 1.54) is 23.1 Å². The van der Waals surface area contributed by atoms with Crippen LogP contribution in [0.25, 0.3) is 0 Å². The van der Waals surface area contributed by atoms with Crippen LogP contribution in [0.5, 0.6) is 5.75 Å². The van der Waals surface area contributed by atoms with E-state index in [0.717, 1.165) is 48.2 Å². The molecule has 2 aromatic carbocycles. The van der Waals surface area contributed by atoms with Crippen molar-refractivity contribution in [2.45, 2.75) is 64.1 Å². The van der Waals surface area contributed by atoms with Crippen LogP contribution >= 0.6 is 23.2 Å². The summed E-state index contributed by atoms with van der Waals surface area (Å²) in [5.74, 6) is -0.159. The van der Waals surface area contributed by atoms with Crippen LogP contribution in [0, 0.1) is 0 Å². The second-order valence-corrected chi connectivity index (χ2v) is 12.3. The fourth-order valence-electron chi connectivity index (χ4n) is 4.73. The highest BCUT2D eigenvalue weighted by Gasteiger charge is 2.33. The summed E-state index contributed by atoms with van der Waals surface area (Å²) in [6.45, 7) is 1.41. The van der Waals surface area contributed by atoms with Gasteiger partial charge in [0.25, 0.3) is 0 Å². The molecule has 0 aliphatic heterocycles. The number of anilines is 1. The van der Waals surface area contributed by atoms with Gasteiger partial charge in [-0.15, -0.1) is 0 Å². The van der Waals surface area contributed by atoms with Gasteiger partial charge in [0.2, 0.25) is 21.8 Å². The minimum Gasteiger partial charge on any atom is -0.497 e. The van der Waals surface area contributed by atoms with Gasteiger partial charge in [0, 0.05) is 22.6 Å². The molecule has 38 heavy (non-hydrogen) atoms. The smallest absolute Gasteiger partial charge is 0.244 e. The average Bonchev–Trinajstić information content (AvgIpc) is 2.86. The number of benzene rings is 2. The number of halogens is 2. The summed E-state index contributed by atoms with van der Waals surface area (Å²) in [7, 11) is -2.34. The minimum atomic E-state index is -3.89. The number of hydrogen-bond acceptors (Lipinski definition) is 5. The normalized spacial score (nSPS) is 15.0. The number of amides is 2. The quantitative estimate of drug-likeness (QED) is 0.400. The van der Waals surface area contributed by atoms with E-state index < -0.39 is 28.5 Å². The van der Waals surface area contributed by atoms with Crippen molar-refractivity contribution in [2.75, 3.05) is 24.2 Å². The number of methoxy groups -OCH3 is 1. The lowest BCUT2D eigenvalue weighted by Gasteiger charge is -2.34. The Kier molecular flexibility index (Phi) is 10.7. The predicted molar refractivity (Wildman–Crippen MR) is 151 cm³/mol. The van der Waals surface area contributed by atoms with Crippen LogP contribution in [0.3, 0.4) is 0 Å². The zero-order valence-electron chi connectivity index (χ0n) is 22.0. The summed E-state index contributed by atoms with van der Waals surface area (Å²) < 4.78 is 31.8. The maximum absolute atomic E-state index is 13.8. The molecule has 1 N–H and O–H groups in total. The summed E-state index contributed by atoms with van der Waals surface area (Å²) in [5.41, 5.74) is 0.915. The van der Waals surface area contributed by atoms with Gasteiger partial charge in [-0.3, -0.25) is 13.9 Å². The first-order chi connectivity index (χ1) is 18.0. The Labute approximate surface area is 235 Å². The van der Waals surface area contributed by atoms with Gasteiger partial charge in [-0.1, -0.05) is 61.5 Å². The number of hydrogen-bond donors (Lipinski definition) is 1. The molecule has 0 radical (unpaired) electrons. The number of carbonyl (C=O) groups is 2. The number of nitrogens with zero attached hydrogens (tertiary/aromatic N) is 2. The molecule has 0 unspecified atom stereocenters. The Bertz CT molecular complexity index is 1210.